The van der Waals surface area contributed by atoms with Crippen LogP contribution in [0.25, 0.3) is 5.65 Å². The molecule has 1 unspecified atom stereocenters. The van der Waals surface area contributed by atoms with E-state index >= 15 is 0 Å². The van der Waals surface area contributed by atoms with Crippen LogP contribution in [0.2, 0.25) is 0 Å². The first-order valence-corrected chi connectivity index (χ1v) is 7.64. The van der Waals surface area contributed by atoms with Crippen molar-refractivity contribution in [2.75, 3.05) is 30.4 Å². The first-order valence-electron chi connectivity index (χ1n) is 7.64. The molecule has 3 rings (SSSR count). The largest absolute Gasteiger partial charge is 0.379 e. The van der Waals surface area contributed by atoms with Crippen molar-refractivity contribution in [3.8, 4) is 0 Å². The lowest BCUT2D eigenvalue weighted by Crippen LogP contribution is -2.43. The Balaban J connectivity index is 1.90. The van der Waals surface area contributed by atoms with Gasteiger partial charge in [0.1, 0.15) is 5.82 Å². The van der Waals surface area contributed by atoms with Crippen LogP contribution in [0.3, 0.4) is 0 Å². The summed E-state index contributed by atoms with van der Waals surface area (Å²) in [5, 5.41) is 6.88. The number of nitrogens with one attached hydrogen (secondary N) is 2. The third-order valence-electron chi connectivity index (χ3n) is 3.79. The van der Waals surface area contributed by atoms with E-state index in [-0.39, 0.29) is 5.54 Å². The number of ether oxygens (including phenoxy) is 1. The number of rotatable bonds is 5. The van der Waals surface area contributed by atoms with Gasteiger partial charge in [0.25, 0.3) is 0 Å². The van der Waals surface area contributed by atoms with E-state index < -0.39 is 0 Å². The molecule has 6 heteroatoms. The normalized spacial score (nSPS) is 22.4. The van der Waals surface area contributed by atoms with Crippen molar-refractivity contribution in [2.45, 2.75) is 38.6 Å². The lowest BCUT2D eigenvalue weighted by Gasteiger charge is -2.34. The van der Waals surface area contributed by atoms with Gasteiger partial charge in [-0.2, -0.15) is 0 Å². The van der Waals surface area contributed by atoms with Crippen molar-refractivity contribution in [1.29, 1.82) is 0 Å². The zero-order chi connectivity index (χ0) is 14.7. The second-order valence-electron chi connectivity index (χ2n) is 5.90. The zero-order valence-electron chi connectivity index (χ0n) is 12.7. The number of aromatic nitrogens is 3. The van der Waals surface area contributed by atoms with Gasteiger partial charge in [0.15, 0.2) is 11.5 Å². The summed E-state index contributed by atoms with van der Waals surface area (Å²) in [6.07, 6.45) is 8.93. The molecule has 0 aromatic carbocycles. The number of hydrogen-bond acceptors (Lipinski definition) is 5. The highest BCUT2D eigenvalue weighted by molar-refractivity contribution is 5.66. The van der Waals surface area contributed by atoms with Gasteiger partial charge in [0.2, 0.25) is 0 Å². The minimum Gasteiger partial charge on any atom is -0.379 e. The number of hydrogen-bond donors (Lipinski definition) is 2. The zero-order valence-corrected chi connectivity index (χ0v) is 12.7. The van der Waals surface area contributed by atoms with Gasteiger partial charge in [-0.3, -0.25) is 0 Å². The Hall–Kier alpha value is -1.82. The summed E-state index contributed by atoms with van der Waals surface area (Å²) in [6, 6.07) is 0. The van der Waals surface area contributed by atoms with Crippen LogP contribution in [-0.4, -0.2) is 39.7 Å². The van der Waals surface area contributed by atoms with Crippen LogP contribution in [0.15, 0.2) is 18.6 Å². The molecule has 2 aromatic rings. The number of anilines is 2. The average molecular weight is 289 g/mol. The van der Waals surface area contributed by atoms with Gasteiger partial charge in [-0.1, -0.05) is 6.92 Å². The Morgan fingerprint density at radius 1 is 1.48 bits per heavy atom. The molecule has 114 valence electrons. The fourth-order valence-electron chi connectivity index (χ4n) is 2.67. The fraction of sp³-hybridized carbons (Fsp3) is 0.600. The van der Waals surface area contributed by atoms with Crippen molar-refractivity contribution in [3.63, 3.8) is 0 Å². The summed E-state index contributed by atoms with van der Waals surface area (Å²) in [5.41, 5.74) is 0.769. The summed E-state index contributed by atoms with van der Waals surface area (Å²) >= 11 is 0. The van der Waals surface area contributed by atoms with E-state index in [4.69, 9.17) is 4.74 Å². The molecule has 2 N–H and O–H groups in total. The number of nitrogens with zero attached hydrogens (tertiary/aromatic N) is 3. The van der Waals surface area contributed by atoms with E-state index in [0.29, 0.717) is 6.61 Å². The first-order chi connectivity index (χ1) is 10.2. The minimum absolute atomic E-state index is 0.0823. The standard InChI is InChI=1S/C15H23N5O/c1-3-6-16-12-10-20-8-7-17-14(20)13(18-12)19-15(2)5-4-9-21-11-15/h7-8,10,16H,3-6,9,11H2,1-2H3,(H,18,19). The van der Waals surface area contributed by atoms with Crippen LogP contribution >= 0.6 is 0 Å². The predicted molar refractivity (Wildman–Crippen MR) is 83.8 cm³/mol. The maximum atomic E-state index is 5.61. The molecule has 2 aromatic heterocycles. The smallest absolute Gasteiger partial charge is 0.180 e. The number of fused-ring (bicyclic) bond motifs is 1. The molecule has 0 aliphatic carbocycles. The van der Waals surface area contributed by atoms with E-state index in [0.717, 1.165) is 49.7 Å². The molecular formula is C15H23N5O. The highest BCUT2D eigenvalue weighted by atomic mass is 16.5. The van der Waals surface area contributed by atoms with Crippen LogP contribution in [-0.2, 0) is 4.74 Å². The second kappa shape index (κ2) is 5.89. The Labute approximate surface area is 124 Å². The van der Waals surface area contributed by atoms with Crippen LogP contribution in [0.5, 0.6) is 0 Å². The highest BCUT2D eigenvalue weighted by Crippen LogP contribution is 2.26. The lowest BCUT2D eigenvalue weighted by atomic mass is 9.95. The van der Waals surface area contributed by atoms with Gasteiger partial charge >= 0.3 is 0 Å². The van der Waals surface area contributed by atoms with Crippen molar-refractivity contribution in [1.82, 2.24) is 14.4 Å². The molecule has 1 saturated heterocycles. The second-order valence-corrected chi connectivity index (χ2v) is 5.90. The average Bonchev–Trinajstić information content (AvgIpc) is 2.94. The molecule has 1 aliphatic heterocycles. The molecule has 1 aliphatic rings. The van der Waals surface area contributed by atoms with Crippen molar-refractivity contribution >= 4 is 17.3 Å². The van der Waals surface area contributed by atoms with E-state index in [2.05, 4.69) is 34.4 Å². The predicted octanol–water partition coefficient (Wildman–Crippen LogP) is 2.53. The van der Waals surface area contributed by atoms with Crippen LogP contribution in [0.4, 0.5) is 11.6 Å². The quantitative estimate of drug-likeness (QED) is 0.885. The highest BCUT2D eigenvalue weighted by Gasteiger charge is 2.28. The van der Waals surface area contributed by atoms with Crippen molar-refractivity contribution in [2.24, 2.45) is 0 Å². The molecular weight excluding hydrogens is 266 g/mol. The van der Waals surface area contributed by atoms with E-state index in [1.807, 2.05) is 16.8 Å². The maximum Gasteiger partial charge on any atom is 0.180 e. The van der Waals surface area contributed by atoms with Crippen molar-refractivity contribution in [3.05, 3.63) is 18.6 Å². The van der Waals surface area contributed by atoms with E-state index in [1.54, 1.807) is 6.20 Å². The molecule has 1 atom stereocenters. The Bertz CT molecular complexity index is 603. The lowest BCUT2D eigenvalue weighted by molar-refractivity contribution is 0.0539. The summed E-state index contributed by atoms with van der Waals surface area (Å²) < 4.78 is 7.61. The summed E-state index contributed by atoms with van der Waals surface area (Å²) in [5.74, 6) is 1.68. The Morgan fingerprint density at radius 3 is 3.14 bits per heavy atom. The van der Waals surface area contributed by atoms with Crippen LogP contribution < -0.4 is 10.6 Å². The van der Waals surface area contributed by atoms with Crippen LogP contribution in [0, 0.1) is 0 Å². The number of imidazole rings is 1. The minimum atomic E-state index is -0.0823. The topological polar surface area (TPSA) is 63.5 Å². The van der Waals surface area contributed by atoms with Gasteiger partial charge in [-0.15, -0.1) is 0 Å². The molecule has 0 saturated carbocycles. The van der Waals surface area contributed by atoms with E-state index in [1.165, 1.54) is 0 Å². The molecule has 6 nitrogen and oxygen atoms in total. The molecule has 0 bridgehead atoms. The SMILES string of the molecule is CCCNc1cn2ccnc2c(NC2(C)CCCOC2)n1. The molecule has 21 heavy (non-hydrogen) atoms. The Kier molecular flexibility index (Phi) is 3.96. The first kappa shape index (κ1) is 14.1. The van der Waals surface area contributed by atoms with Gasteiger partial charge in [0.05, 0.1) is 18.3 Å². The fourth-order valence-corrected chi connectivity index (χ4v) is 2.67. The van der Waals surface area contributed by atoms with Gasteiger partial charge in [-0.05, 0) is 26.2 Å². The third kappa shape index (κ3) is 3.10. The molecule has 3 heterocycles. The van der Waals surface area contributed by atoms with Gasteiger partial charge in [-0.25, -0.2) is 9.97 Å². The summed E-state index contributed by atoms with van der Waals surface area (Å²) in [4.78, 5) is 9.09. The van der Waals surface area contributed by atoms with Crippen LogP contribution in [0.1, 0.15) is 33.1 Å². The summed E-state index contributed by atoms with van der Waals surface area (Å²) in [7, 11) is 0. The summed E-state index contributed by atoms with van der Waals surface area (Å²) in [6.45, 7) is 6.78. The van der Waals surface area contributed by atoms with Gasteiger partial charge in [0, 0.05) is 25.5 Å². The van der Waals surface area contributed by atoms with Gasteiger partial charge < -0.3 is 19.8 Å². The van der Waals surface area contributed by atoms with Crippen molar-refractivity contribution < 1.29 is 4.74 Å². The maximum absolute atomic E-state index is 5.61. The van der Waals surface area contributed by atoms with E-state index in [9.17, 15) is 0 Å². The molecule has 0 spiro atoms. The molecule has 0 amide bonds. The molecule has 1 fully saturated rings. The third-order valence-corrected chi connectivity index (χ3v) is 3.79. The molecule has 0 radical (unpaired) electrons. The monoisotopic (exact) mass is 289 g/mol. The Morgan fingerprint density at radius 2 is 2.38 bits per heavy atom.